The molecule has 0 aromatic heterocycles. The second kappa shape index (κ2) is 4.86. The average molecular weight is 226 g/mol. The van der Waals surface area contributed by atoms with Gasteiger partial charge in [-0.2, -0.15) is 11.8 Å². The third kappa shape index (κ3) is 2.44. The minimum absolute atomic E-state index is 0.186. The van der Waals surface area contributed by atoms with Crippen LogP contribution >= 0.6 is 11.8 Å². The fourth-order valence-electron chi connectivity index (χ4n) is 1.82. The summed E-state index contributed by atoms with van der Waals surface area (Å²) in [6, 6.07) is 7.05. The minimum atomic E-state index is -0.186. The predicted molar refractivity (Wildman–Crippen MR) is 63.9 cm³/mol. The Morgan fingerprint density at radius 1 is 1.40 bits per heavy atom. The van der Waals surface area contributed by atoms with E-state index >= 15 is 0 Å². The summed E-state index contributed by atoms with van der Waals surface area (Å²) >= 11 is 1.93. The van der Waals surface area contributed by atoms with Gasteiger partial charge in [0.05, 0.1) is 6.04 Å². The molecule has 1 unspecified atom stereocenters. The van der Waals surface area contributed by atoms with Gasteiger partial charge in [-0.15, -0.1) is 0 Å². The number of hydrogen-bond acceptors (Lipinski definition) is 3. The van der Waals surface area contributed by atoms with E-state index in [1.165, 1.54) is 12.1 Å². The molecule has 1 saturated heterocycles. The topological polar surface area (TPSA) is 29.3 Å². The van der Waals surface area contributed by atoms with Crippen molar-refractivity contribution in [2.24, 2.45) is 5.73 Å². The van der Waals surface area contributed by atoms with Crippen molar-refractivity contribution in [1.82, 2.24) is 0 Å². The molecule has 0 spiro atoms. The number of thioether (sulfide) groups is 1. The molecule has 1 aliphatic heterocycles. The molecular formula is C11H15FN2S. The van der Waals surface area contributed by atoms with E-state index in [0.29, 0.717) is 12.6 Å². The molecule has 2 N–H and O–H groups in total. The van der Waals surface area contributed by atoms with Gasteiger partial charge in [0.15, 0.2) is 0 Å². The molecule has 0 aliphatic carbocycles. The van der Waals surface area contributed by atoms with E-state index in [4.69, 9.17) is 5.73 Å². The summed E-state index contributed by atoms with van der Waals surface area (Å²) in [5.74, 6) is 2.00. The average Bonchev–Trinajstić information content (AvgIpc) is 2.30. The van der Waals surface area contributed by atoms with Gasteiger partial charge in [0, 0.05) is 30.3 Å². The highest BCUT2D eigenvalue weighted by Crippen LogP contribution is 2.23. The Balaban J connectivity index is 2.16. The maximum Gasteiger partial charge on any atom is 0.123 e. The first-order valence-corrected chi connectivity index (χ1v) is 6.27. The summed E-state index contributed by atoms with van der Waals surface area (Å²) in [7, 11) is 0. The molecule has 2 nitrogen and oxygen atoms in total. The van der Waals surface area contributed by atoms with Crippen LogP contribution in [0.15, 0.2) is 24.3 Å². The van der Waals surface area contributed by atoms with Crippen LogP contribution in [-0.4, -0.2) is 30.6 Å². The second-order valence-corrected chi connectivity index (χ2v) is 4.78. The second-order valence-electron chi connectivity index (χ2n) is 3.63. The Labute approximate surface area is 93.6 Å². The van der Waals surface area contributed by atoms with Crippen molar-refractivity contribution in [3.63, 3.8) is 0 Å². The third-order valence-corrected chi connectivity index (χ3v) is 3.75. The van der Waals surface area contributed by atoms with Crippen molar-refractivity contribution in [2.75, 3.05) is 29.5 Å². The number of anilines is 1. The lowest BCUT2D eigenvalue weighted by atomic mass is 10.2. The normalized spacial score (nSPS) is 21.7. The van der Waals surface area contributed by atoms with Crippen LogP contribution in [0, 0.1) is 5.82 Å². The zero-order valence-corrected chi connectivity index (χ0v) is 9.34. The maximum atomic E-state index is 12.8. The van der Waals surface area contributed by atoms with Crippen molar-refractivity contribution in [2.45, 2.75) is 6.04 Å². The van der Waals surface area contributed by atoms with E-state index in [1.54, 1.807) is 0 Å². The predicted octanol–water partition coefficient (Wildman–Crippen LogP) is 1.71. The van der Waals surface area contributed by atoms with Crippen LogP contribution in [-0.2, 0) is 0 Å². The Bertz CT molecular complexity index is 315. The SMILES string of the molecule is NCC1CSCCN1c1ccc(F)cc1. The largest absolute Gasteiger partial charge is 0.366 e. The fourth-order valence-corrected chi connectivity index (χ4v) is 2.90. The summed E-state index contributed by atoms with van der Waals surface area (Å²) in [5.41, 5.74) is 6.81. The van der Waals surface area contributed by atoms with Crippen molar-refractivity contribution < 1.29 is 4.39 Å². The molecule has 0 bridgehead atoms. The lowest BCUT2D eigenvalue weighted by Gasteiger charge is -2.36. The third-order valence-electron chi connectivity index (χ3n) is 2.66. The van der Waals surface area contributed by atoms with Gasteiger partial charge in [-0.05, 0) is 24.3 Å². The molecule has 1 atom stereocenters. The first kappa shape index (κ1) is 10.8. The molecule has 1 heterocycles. The zero-order chi connectivity index (χ0) is 10.7. The molecule has 1 aromatic rings. The lowest BCUT2D eigenvalue weighted by Crippen LogP contribution is -2.46. The molecule has 4 heteroatoms. The summed E-state index contributed by atoms with van der Waals surface area (Å²) in [4.78, 5) is 2.27. The Morgan fingerprint density at radius 2 is 2.13 bits per heavy atom. The van der Waals surface area contributed by atoms with Crippen LogP contribution in [0.4, 0.5) is 10.1 Å². The summed E-state index contributed by atoms with van der Waals surface area (Å²) in [6.45, 7) is 1.66. The van der Waals surface area contributed by atoms with Gasteiger partial charge in [-0.3, -0.25) is 0 Å². The monoisotopic (exact) mass is 226 g/mol. The molecule has 0 radical (unpaired) electrons. The Kier molecular flexibility index (Phi) is 3.49. The van der Waals surface area contributed by atoms with E-state index in [2.05, 4.69) is 4.90 Å². The van der Waals surface area contributed by atoms with Crippen LogP contribution in [0.2, 0.25) is 0 Å². The fraction of sp³-hybridized carbons (Fsp3) is 0.455. The van der Waals surface area contributed by atoms with E-state index in [0.717, 1.165) is 23.7 Å². The van der Waals surface area contributed by atoms with Gasteiger partial charge < -0.3 is 10.6 Å². The highest BCUT2D eigenvalue weighted by Gasteiger charge is 2.21. The smallest absolute Gasteiger partial charge is 0.123 e. The molecule has 82 valence electrons. The zero-order valence-electron chi connectivity index (χ0n) is 8.53. The highest BCUT2D eigenvalue weighted by molar-refractivity contribution is 7.99. The van der Waals surface area contributed by atoms with Crippen LogP contribution in [0.25, 0.3) is 0 Å². The molecule has 1 aromatic carbocycles. The Hall–Kier alpha value is -0.740. The van der Waals surface area contributed by atoms with Gasteiger partial charge >= 0.3 is 0 Å². The highest BCUT2D eigenvalue weighted by atomic mass is 32.2. The lowest BCUT2D eigenvalue weighted by molar-refractivity contribution is 0.624. The number of nitrogens with zero attached hydrogens (tertiary/aromatic N) is 1. The summed E-state index contributed by atoms with van der Waals surface area (Å²) in [6.07, 6.45) is 0. The van der Waals surface area contributed by atoms with Crippen molar-refractivity contribution in [3.05, 3.63) is 30.1 Å². The van der Waals surface area contributed by atoms with Gasteiger partial charge in [0.25, 0.3) is 0 Å². The molecule has 0 saturated carbocycles. The van der Waals surface area contributed by atoms with Gasteiger partial charge in [-0.25, -0.2) is 4.39 Å². The molecular weight excluding hydrogens is 211 g/mol. The van der Waals surface area contributed by atoms with Crippen LogP contribution in [0.3, 0.4) is 0 Å². The maximum absolute atomic E-state index is 12.8. The van der Waals surface area contributed by atoms with Crippen molar-refractivity contribution >= 4 is 17.4 Å². The molecule has 1 aliphatic rings. The van der Waals surface area contributed by atoms with Gasteiger partial charge in [0.1, 0.15) is 5.82 Å². The minimum Gasteiger partial charge on any atom is -0.366 e. The standard InChI is InChI=1S/C11H15FN2S/c12-9-1-3-10(4-2-9)14-5-6-15-8-11(14)7-13/h1-4,11H,5-8,13H2. The molecule has 0 amide bonds. The molecule has 2 rings (SSSR count). The van der Waals surface area contributed by atoms with Crippen LogP contribution in [0.1, 0.15) is 0 Å². The molecule has 15 heavy (non-hydrogen) atoms. The number of benzene rings is 1. The van der Waals surface area contributed by atoms with Gasteiger partial charge in [0.2, 0.25) is 0 Å². The first-order valence-electron chi connectivity index (χ1n) is 5.11. The van der Waals surface area contributed by atoms with E-state index in [-0.39, 0.29) is 5.82 Å². The van der Waals surface area contributed by atoms with E-state index < -0.39 is 0 Å². The number of hydrogen-bond donors (Lipinski definition) is 1. The number of halogens is 1. The first-order chi connectivity index (χ1) is 7.31. The van der Waals surface area contributed by atoms with Crippen LogP contribution < -0.4 is 10.6 Å². The summed E-state index contributed by atoms with van der Waals surface area (Å²) < 4.78 is 12.8. The van der Waals surface area contributed by atoms with Crippen LogP contribution in [0.5, 0.6) is 0 Å². The quantitative estimate of drug-likeness (QED) is 0.832. The Morgan fingerprint density at radius 3 is 2.80 bits per heavy atom. The number of nitrogens with two attached hydrogens (primary N) is 1. The van der Waals surface area contributed by atoms with E-state index in [9.17, 15) is 4.39 Å². The van der Waals surface area contributed by atoms with Crippen molar-refractivity contribution in [1.29, 1.82) is 0 Å². The summed E-state index contributed by atoms with van der Waals surface area (Å²) in [5, 5.41) is 0. The number of rotatable bonds is 2. The molecule has 1 fully saturated rings. The van der Waals surface area contributed by atoms with E-state index in [1.807, 2.05) is 23.9 Å². The van der Waals surface area contributed by atoms with Gasteiger partial charge in [-0.1, -0.05) is 0 Å². The van der Waals surface area contributed by atoms with Crippen molar-refractivity contribution in [3.8, 4) is 0 Å².